The molecule has 116 valence electrons. The van der Waals surface area contributed by atoms with Crippen molar-refractivity contribution in [3.05, 3.63) is 41.2 Å². The molecule has 0 aliphatic carbocycles. The van der Waals surface area contributed by atoms with Crippen molar-refractivity contribution in [3.63, 3.8) is 0 Å². The fraction of sp³-hybridized carbons (Fsp3) is 0.333. The molecule has 1 fully saturated rings. The lowest BCUT2D eigenvalue weighted by atomic mass is 10.1. The number of carbonyl (C=O) groups is 2. The molecule has 2 aromatic heterocycles. The molecule has 3 rings (SSSR count). The third-order valence-corrected chi connectivity index (χ3v) is 4.34. The van der Waals surface area contributed by atoms with Gasteiger partial charge in [0, 0.05) is 12.6 Å². The van der Waals surface area contributed by atoms with E-state index in [4.69, 9.17) is 4.42 Å². The van der Waals surface area contributed by atoms with E-state index in [2.05, 4.69) is 16.0 Å². The van der Waals surface area contributed by atoms with Gasteiger partial charge < -0.3 is 20.4 Å². The molecular formula is C15H17N3O3S. The molecule has 0 bridgehead atoms. The van der Waals surface area contributed by atoms with E-state index in [1.54, 1.807) is 23.6 Å². The van der Waals surface area contributed by atoms with Gasteiger partial charge in [-0.3, -0.25) is 9.59 Å². The average molecular weight is 319 g/mol. The maximum Gasteiger partial charge on any atom is 0.291 e. The second kappa shape index (κ2) is 6.76. The number of hydrogen-bond acceptors (Lipinski definition) is 5. The van der Waals surface area contributed by atoms with Crippen LogP contribution in [0.3, 0.4) is 0 Å². The third-order valence-electron chi connectivity index (χ3n) is 3.51. The Hall–Kier alpha value is -2.12. The maximum atomic E-state index is 12.4. The Morgan fingerprint density at radius 3 is 2.95 bits per heavy atom. The standard InChI is InChI=1S/C15H17N3O3S/c19-13(17-10-3-1-6-16-9-10)11-5-8-22-15(11)18-14(20)12-4-2-7-21-12/h2,4-5,7-8,10,16H,1,3,6,9H2,(H,17,19)(H,18,20)/t10-/m0/s1. The first-order chi connectivity index (χ1) is 10.7. The molecule has 0 radical (unpaired) electrons. The fourth-order valence-corrected chi connectivity index (χ4v) is 3.18. The van der Waals surface area contributed by atoms with Crippen LogP contribution >= 0.6 is 11.3 Å². The minimum Gasteiger partial charge on any atom is -0.459 e. The molecule has 22 heavy (non-hydrogen) atoms. The molecule has 0 saturated carbocycles. The van der Waals surface area contributed by atoms with Gasteiger partial charge in [-0.15, -0.1) is 11.3 Å². The van der Waals surface area contributed by atoms with Crippen LogP contribution in [0.1, 0.15) is 33.8 Å². The minimum atomic E-state index is -0.360. The highest BCUT2D eigenvalue weighted by molar-refractivity contribution is 7.14. The van der Waals surface area contributed by atoms with Gasteiger partial charge in [-0.1, -0.05) is 0 Å². The van der Waals surface area contributed by atoms with Crippen LogP contribution in [-0.2, 0) is 0 Å². The molecule has 1 atom stereocenters. The molecule has 1 aliphatic heterocycles. The van der Waals surface area contributed by atoms with Gasteiger partial charge in [0.05, 0.1) is 11.8 Å². The van der Waals surface area contributed by atoms with Gasteiger partial charge >= 0.3 is 0 Å². The van der Waals surface area contributed by atoms with Crippen LogP contribution in [0.4, 0.5) is 5.00 Å². The zero-order chi connectivity index (χ0) is 15.4. The quantitative estimate of drug-likeness (QED) is 0.805. The monoisotopic (exact) mass is 319 g/mol. The van der Waals surface area contributed by atoms with Crippen LogP contribution in [0, 0.1) is 0 Å². The van der Waals surface area contributed by atoms with Crippen LogP contribution in [0.15, 0.2) is 34.3 Å². The summed E-state index contributed by atoms with van der Waals surface area (Å²) in [5.41, 5.74) is 0.482. The summed E-state index contributed by atoms with van der Waals surface area (Å²) in [7, 11) is 0. The summed E-state index contributed by atoms with van der Waals surface area (Å²) in [6.45, 7) is 1.78. The Bertz CT molecular complexity index is 645. The number of anilines is 1. The van der Waals surface area contributed by atoms with Crippen LogP contribution in [0.25, 0.3) is 0 Å². The highest BCUT2D eigenvalue weighted by Crippen LogP contribution is 2.24. The highest BCUT2D eigenvalue weighted by Gasteiger charge is 2.20. The van der Waals surface area contributed by atoms with Crippen molar-refractivity contribution in [2.45, 2.75) is 18.9 Å². The van der Waals surface area contributed by atoms with E-state index in [0.717, 1.165) is 25.9 Å². The molecule has 7 heteroatoms. The molecule has 0 aromatic carbocycles. The molecular weight excluding hydrogens is 302 g/mol. The zero-order valence-electron chi connectivity index (χ0n) is 11.9. The molecule has 0 spiro atoms. The lowest BCUT2D eigenvalue weighted by Gasteiger charge is -2.23. The van der Waals surface area contributed by atoms with Gasteiger partial charge in [0.25, 0.3) is 11.8 Å². The zero-order valence-corrected chi connectivity index (χ0v) is 12.7. The first kappa shape index (κ1) is 14.8. The predicted molar refractivity (Wildman–Crippen MR) is 84.3 cm³/mol. The molecule has 3 heterocycles. The molecule has 2 amide bonds. The predicted octanol–water partition coefficient (Wildman–Crippen LogP) is 2.08. The maximum absolute atomic E-state index is 12.4. The van der Waals surface area contributed by atoms with Crippen molar-refractivity contribution < 1.29 is 14.0 Å². The summed E-state index contributed by atoms with van der Waals surface area (Å²) < 4.78 is 5.05. The number of amides is 2. The Morgan fingerprint density at radius 2 is 2.23 bits per heavy atom. The number of rotatable bonds is 4. The van der Waals surface area contributed by atoms with Crippen molar-refractivity contribution in [2.24, 2.45) is 0 Å². The fourth-order valence-electron chi connectivity index (χ4n) is 2.40. The normalized spacial score (nSPS) is 17.9. The highest BCUT2D eigenvalue weighted by atomic mass is 32.1. The first-order valence-corrected chi connectivity index (χ1v) is 8.06. The largest absolute Gasteiger partial charge is 0.459 e. The second-order valence-corrected chi connectivity index (χ2v) is 6.03. The van der Waals surface area contributed by atoms with E-state index in [1.807, 2.05) is 0 Å². The van der Waals surface area contributed by atoms with Crippen LogP contribution < -0.4 is 16.0 Å². The van der Waals surface area contributed by atoms with E-state index in [0.29, 0.717) is 10.6 Å². The number of piperidine rings is 1. The van der Waals surface area contributed by atoms with Gasteiger partial charge in [-0.25, -0.2) is 0 Å². The average Bonchev–Trinajstić information content (AvgIpc) is 3.19. The summed E-state index contributed by atoms with van der Waals surface area (Å²) >= 11 is 1.32. The van der Waals surface area contributed by atoms with Gasteiger partial charge in [0.15, 0.2) is 5.76 Å². The van der Waals surface area contributed by atoms with E-state index in [-0.39, 0.29) is 23.6 Å². The number of nitrogens with one attached hydrogen (secondary N) is 3. The van der Waals surface area contributed by atoms with Crippen molar-refractivity contribution >= 4 is 28.2 Å². The SMILES string of the molecule is O=C(Nc1sccc1C(=O)N[C@H]1CCCNC1)c1ccco1. The van der Waals surface area contributed by atoms with Crippen molar-refractivity contribution in [2.75, 3.05) is 18.4 Å². The van der Waals surface area contributed by atoms with Crippen molar-refractivity contribution in [1.29, 1.82) is 0 Å². The number of thiophene rings is 1. The van der Waals surface area contributed by atoms with E-state index in [9.17, 15) is 9.59 Å². The topological polar surface area (TPSA) is 83.4 Å². The summed E-state index contributed by atoms with van der Waals surface area (Å²) in [4.78, 5) is 24.4. The molecule has 3 N–H and O–H groups in total. The Balaban J connectivity index is 1.66. The smallest absolute Gasteiger partial charge is 0.291 e. The first-order valence-electron chi connectivity index (χ1n) is 7.18. The molecule has 1 saturated heterocycles. The van der Waals surface area contributed by atoms with E-state index < -0.39 is 0 Å². The lowest BCUT2D eigenvalue weighted by molar-refractivity contribution is 0.0932. The molecule has 6 nitrogen and oxygen atoms in total. The molecule has 2 aromatic rings. The van der Waals surface area contributed by atoms with Crippen molar-refractivity contribution in [3.8, 4) is 0 Å². The van der Waals surface area contributed by atoms with Gasteiger partial charge in [0.2, 0.25) is 0 Å². The second-order valence-electron chi connectivity index (χ2n) is 5.11. The van der Waals surface area contributed by atoms with Gasteiger partial charge in [-0.2, -0.15) is 0 Å². The summed E-state index contributed by atoms with van der Waals surface area (Å²) in [5.74, 6) is -0.304. The summed E-state index contributed by atoms with van der Waals surface area (Å²) in [6, 6.07) is 5.08. The van der Waals surface area contributed by atoms with E-state index in [1.165, 1.54) is 17.6 Å². The van der Waals surface area contributed by atoms with Crippen LogP contribution in [0.5, 0.6) is 0 Å². The van der Waals surface area contributed by atoms with E-state index >= 15 is 0 Å². The molecule has 1 aliphatic rings. The molecule has 0 unspecified atom stereocenters. The number of furan rings is 1. The van der Waals surface area contributed by atoms with Crippen LogP contribution in [-0.4, -0.2) is 30.9 Å². The lowest BCUT2D eigenvalue weighted by Crippen LogP contribution is -2.45. The Labute approximate surface area is 131 Å². The van der Waals surface area contributed by atoms with Gasteiger partial charge in [0.1, 0.15) is 5.00 Å². The third kappa shape index (κ3) is 3.37. The number of hydrogen-bond donors (Lipinski definition) is 3. The van der Waals surface area contributed by atoms with Crippen molar-refractivity contribution in [1.82, 2.24) is 10.6 Å². The van der Waals surface area contributed by atoms with Gasteiger partial charge in [-0.05, 0) is 43.0 Å². The minimum absolute atomic E-state index is 0.134. The Morgan fingerprint density at radius 1 is 1.32 bits per heavy atom. The summed E-state index contributed by atoms with van der Waals surface area (Å²) in [5, 5.41) is 11.3. The van der Waals surface area contributed by atoms with Crippen LogP contribution in [0.2, 0.25) is 0 Å². The summed E-state index contributed by atoms with van der Waals surface area (Å²) in [6.07, 6.45) is 3.46. The number of carbonyl (C=O) groups excluding carboxylic acids is 2. The Kier molecular flexibility index (Phi) is 4.55.